The first kappa shape index (κ1) is 21.8. The lowest BCUT2D eigenvalue weighted by Gasteiger charge is -2.26. The predicted octanol–water partition coefficient (Wildman–Crippen LogP) is 5.51. The van der Waals surface area contributed by atoms with Crippen LogP contribution in [0.3, 0.4) is 0 Å². The summed E-state index contributed by atoms with van der Waals surface area (Å²) in [6.45, 7) is 8.98. The molecule has 168 valence electrons. The van der Waals surface area contributed by atoms with Gasteiger partial charge in [-0.25, -0.2) is 0 Å². The van der Waals surface area contributed by atoms with Crippen molar-refractivity contribution in [2.24, 2.45) is 0 Å². The van der Waals surface area contributed by atoms with Gasteiger partial charge in [0.1, 0.15) is 0 Å². The van der Waals surface area contributed by atoms with Gasteiger partial charge in [0.05, 0.1) is 25.3 Å². The number of aromatic nitrogens is 1. The molecule has 4 aromatic rings. The van der Waals surface area contributed by atoms with Gasteiger partial charge in [-0.1, -0.05) is 48.5 Å². The van der Waals surface area contributed by atoms with Gasteiger partial charge < -0.3 is 9.84 Å². The van der Waals surface area contributed by atoms with E-state index in [4.69, 9.17) is 4.74 Å². The van der Waals surface area contributed by atoms with E-state index in [-0.39, 0.29) is 6.61 Å². The number of hydrogen-bond acceptors (Lipinski definition) is 4. The summed E-state index contributed by atoms with van der Waals surface area (Å²) in [5, 5.41) is 11.1. The van der Waals surface area contributed by atoms with Crippen LogP contribution >= 0.6 is 0 Å². The van der Waals surface area contributed by atoms with E-state index < -0.39 is 0 Å². The minimum atomic E-state index is 0.0162. The molecule has 4 heteroatoms. The molecule has 1 aliphatic heterocycles. The molecule has 0 atom stereocenters. The van der Waals surface area contributed by atoms with Crippen LogP contribution in [0.4, 0.5) is 0 Å². The van der Waals surface area contributed by atoms with E-state index in [9.17, 15) is 5.11 Å². The smallest absolute Gasteiger partial charge is 0.0713 e. The molecule has 0 unspecified atom stereocenters. The number of nitrogens with zero attached hydrogens (tertiary/aromatic N) is 2. The number of benzene rings is 3. The molecule has 5 rings (SSSR count). The number of pyridine rings is 1. The number of aliphatic hydroxyl groups is 1. The fourth-order valence-electron chi connectivity index (χ4n) is 5.06. The van der Waals surface area contributed by atoms with Crippen molar-refractivity contribution in [2.75, 3.05) is 26.3 Å². The molecule has 3 aromatic carbocycles. The van der Waals surface area contributed by atoms with E-state index in [1.807, 2.05) is 24.4 Å². The summed E-state index contributed by atoms with van der Waals surface area (Å²) in [5.74, 6) is 0. The molecule has 0 saturated carbocycles. The average Bonchev–Trinajstić information content (AvgIpc) is 2.85. The quantitative estimate of drug-likeness (QED) is 0.446. The van der Waals surface area contributed by atoms with Crippen molar-refractivity contribution >= 4 is 10.9 Å². The van der Waals surface area contributed by atoms with Gasteiger partial charge >= 0.3 is 0 Å². The Kier molecular flexibility index (Phi) is 6.23. The third-order valence-corrected chi connectivity index (χ3v) is 6.71. The van der Waals surface area contributed by atoms with Gasteiger partial charge in [-0.05, 0) is 70.5 Å². The molecule has 1 N–H and O–H groups in total. The summed E-state index contributed by atoms with van der Waals surface area (Å²) in [7, 11) is 0. The third kappa shape index (κ3) is 4.30. The molecular formula is C29H30N2O2. The lowest BCUT2D eigenvalue weighted by atomic mass is 9.88. The first-order valence-corrected chi connectivity index (χ1v) is 11.6. The summed E-state index contributed by atoms with van der Waals surface area (Å²) in [5.41, 5.74) is 10.4. The van der Waals surface area contributed by atoms with Crippen LogP contribution in [0.25, 0.3) is 33.2 Å². The minimum absolute atomic E-state index is 0.0162. The Morgan fingerprint density at radius 3 is 2.45 bits per heavy atom. The highest BCUT2D eigenvalue weighted by Gasteiger charge is 2.16. The predicted molar refractivity (Wildman–Crippen MR) is 134 cm³/mol. The Hall–Kier alpha value is -3.05. The number of aryl methyl sites for hydroxylation is 2. The maximum Gasteiger partial charge on any atom is 0.0713 e. The highest BCUT2D eigenvalue weighted by Crippen LogP contribution is 2.38. The van der Waals surface area contributed by atoms with Crippen LogP contribution in [-0.4, -0.2) is 41.3 Å². The van der Waals surface area contributed by atoms with Crippen molar-refractivity contribution in [3.05, 3.63) is 89.1 Å². The Morgan fingerprint density at radius 1 is 0.939 bits per heavy atom. The molecule has 0 radical (unpaired) electrons. The first-order valence-electron chi connectivity index (χ1n) is 11.6. The van der Waals surface area contributed by atoms with E-state index in [0.717, 1.165) is 60.4 Å². The number of fused-ring (bicyclic) bond motifs is 1. The second-order valence-corrected chi connectivity index (χ2v) is 8.85. The Balaban J connectivity index is 1.58. The molecule has 4 nitrogen and oxygen atoms in total. The normalized spacial score (nSPS) is 14.6. The average molecular weight is 439 g/mol. The van der Waals surface area contributed by atoms with Crippen LogP contribution < -0.4 is 0 Å². The number of rotatable bonds is 5. The van der Waals surface area contributed by atoms with Crippen molar-refractivity contribution < 1.29 is 9.84 Å². The van der Waals surface area contributed by atoms with Gasteiger partial charge in [-0.2, -0.15) is 0 Å². The largest absolute Gasteiger partial charge is 0.392 e. The van der Waals surface area contributed by atoms with Gasteiger partial charge in [-0.3, -0.25) is 9.88 Å². The molecule has 1 aromatic heterocycles. The third-order valence-electron chi connectivity index (χ3n) is 6.71. The maximum absolute atomic E-state index is 9.92. The zero-order valence-corrected chi connectivity index (χ0v) is 19.3. The molecular weight excluding hydrogens is 408 g/mol. The Morgan fingerprint density at radius 2 is 1.70 bits per heavy atom. The second-order valence-electron chi connectivity index (χ2n) is 8.85. The summed E-state index contributed by atoms with van der Waals surface area (Å²) in [4.78, 5) is 7.13. The lowest BCUT2D eigenvalue weighted by Crippen LogP contribution is -2.35. The zero-order chi connectivity index (χ0) is 22.8. The number of ether oxygens (including phenoxy) is 1. The van der Waals surface area contributed by atoms with Crippen molar-refractivity contribution in [1.82, 2.24) is 9.88 Å². The van der Waals surface area contributed by atoms with Crippen LogP contribution in [0.5, 0.6) is 0 Å². The number of hydrogen-bond donors (Lipinski definition) is 1. The first-order chi connectivity index (χ1) is 16.2. The fourth-order valence-corrected chi connectivity index (χ4v) is 5.06. The van der Waals surface area contributed by atoms with E-state index in [1.54, 1.807) is 0 Å². The standard InChI is InChI=1S/C29H30N2O2/c1-20-17-27-29(26(11-12-30-27)25-6-4-3-5-24(25)19-32)21(2)28(20)23-9-7-22(8-10-23)18-31-13-15-33-16-14-31/h3-12,17,32H,13-16,18-19H2,1-2H3. The van der Waals surface area contributed by atoms with E-state index >= 15 is 0 Å². The maximum atomic E-state index is 9.92. The lowest BCUT2D eigenvalue weighted by molar-refractivity contribution is 0.0342. The number of morpholine rings is 1. The van der Waals surface area contributed by atoms with Crippen molar-refractivity contribution in [2.45, 2.75) is 27.0 Å². The van der Waals surface area contributed by atoms with E-state index in [1.165, 1.54) is 27.8 Å². The summed E-state index contributed by atoms with van der Waals surface area (Å²) in [6.07, 6.45) is 1.87. The molecule has 0 amide bonds. The molecule has 0 bridgehead atoms. The topological polar surface area (TPSA) is 45.6 Å². The van der Waals surface area contributed by atoms with Crippen molar-refractivity contribution in [1.29, 1.82) is 0 Å². The van der Waals surface area contributed by atoms with Gasteiger partial charge in [0, 0.05) is 31.2 Å². The van der Waals surface area contributed by atoms with Gasteiger partial charge in [-0.15, -0.1) is 0 Å². The van der Waals surface area contributed by atoms with Crippen LogP contribution in [0.1, 0.15) is 22.3 Å². The van der Waals surface area contributed by atoms with Crippen molar-refractivity contribution in [3.8, 4) is 22.3 Å². The summed E-state index contributed by atoms with van der Waals surface area (Å²) >= 11 is 0. The molecule has 1 aliphatic rings. The highest BCUT2D eigenvalue weighted by molar-refractivity contribution is 6.01. The van der Waals surface area contributed by atoms with E-state index in [2.05, 4.69) is 66.2 Å². The minimum Gasteiger partial charge on any atom is -0.392 e. The van der Waals surface area contributed by atoms with Crippen LogP contribution in [0.15, 0.2) is 66.9 Å². The van der Waals surface area contributed by atoms with Gasteiger partial charge in [0.2, 0.25) is 0 Å². The monoisotopic (exact) mass is 438 g/mol. The molecule has 0 aliphatic carbocycles. The van der Waals surface area contributed by atoms with Gasteiger partial charge in [0.15, 0.2) is 0 Å². The molecule has 1 fully saturated rings. The van der Waals surface area contributed by atoms with Crippen LogP contribution in [-0.2, 0) is 17.9 Å². The second kappa shape index (κ2) is 9.44. The highest BCUT2D eigenvalue weighted by atomic mass is 16.5. The SMILES string of the molecule is Cc1cc2nccc(-c3ccccc3CO)c2c(C)c1-c1ccc(CN2CCOCC2)cc1. The molecule has 2 heterocycles. The van der Waals surface area contributed by atoms with Crippen LogP contribution in [0, 0.1) is 13.8 Å². The number of aliphatic hydroxyl groups excluding tert-OH is 1. The Labute approximate surface area is 195 Å². The summed E-state index contributed by atoms with van der Waals surface area (Å²) < 4.78 is 5.47. The summed E-state index contributed by atoms with van der Waals surface area (Å²) in [6, 6.07) is 21.3. The fraction of sp³-hybridized carbons (Fsp3) is 0.276. The van der Waals surface area contributed by atoms with Gasteiger partial charge in [0.25, 0.3) is 0 Å². The van der Waals surface area contributed by atoms with E-state index in [0.29, 0.717) is 0 Å². The Bertz CT molecular complexity index is 1280. The van der Waals surface area contributed by atoms with Crippen molar-refractivity contribution in [3.63, 3.8) is 0 Å². The molecule has 1 saturated heterocycles. The molecule has 0 spiro atoms. The zero-order valence-electron chi connectivity index (χ0n) is 19.3. The molecule has 33 heavy (non-hydrogen) atoms. The van der Waals surface area contributed by atoms with Crippen LogP contribution in [0.2, 0.25) is 0 Å².